The SMILES string of the molecule is CCOC(=O)CCNC(=O)NC(C)(c1ccc(CCC(C)(C)C)c(Cl)c1)C(CO)C(C)C. The van der Waals surface area contributed by atoms with Crippen LogP contribution in [0.25, 0.3) is 0 Å². The third kappa shape index (κ3) is 8.62. The van der Waals surface area contributed by atoms with Gasteiger partial charge < -0.3 is 20.5 Å². The van der Waals surface area contributed by atoms with Crippen molar-refractivity contribution in [2.45, 2.75) is 73.3 Å². The molecule has 6 nitrogen and oxygen atoms in total. The molecule has 2 unspecified atom stereocenters. The minimum atomic E-state index is -0.858. The highest BCUT2D eigenvalue weighted by molar-refractivity contribution is 6.31. The van der Waals surface area contributed by atoms with Gasteiger partial charge in [-0.2, -0.15) is 0 Å². The van der Waals surface area contributed by atoms with Crippen molar-refractivity contribution >= 4 is 23.6 Å². The Hall–Kier alpha value is -1.79. The molecular weight excluding hydrogens is 428 g/mol. The average molecular weight is 469 g/mol. The third-order valence-electron chi connectivity index (χ3n) is 5.83. The van der Waals surface area contributed by atoms with Crippen LogP contribution in [-0.2, 0) is 21.5 Å². The van der Waals surface area contributed by atoms with Crippen LogP contribution >= 0.6 is 11.6 Å². The first-order chi connectivity index (χ1) is 14.8. The highest BCUT2D eigenvalue weighted by Gasteiger charge is 2.39. The maximum Gasteiger partial charge on any atom is 0.315 e. The Morgan fingerprint density at radius 1 is 1.19 bits per heavy atom. The summed E-state index contributed by atoms with van der Waals surface area (Å²) in [6, 6.07) is 5.47. The standard InChI is InChI=1S/C25H41ClN2O4/c1-8-32-22(30)12-14-27-23(31)28-25(7,20(16-29)17(2)3)19-10-9-18(21(26)15-19)11-13-24(4,5)6/h9-10,15,17,20,29H,8,11-14,16H2,1-7H3,(H2,27,28,31). The number of aliphatic hydroxyl groups excluding tert-OH is 1. The summed E-state index contributed by atoms with van der Waals surface area (Å²) in [5.41, 5.74) is 1.25. The number of hydrogen-bond acceptors (Lipinski definition) is 4. The Balaban J connectivity index is 3.09. The molecule has 0 spiro atoms. The van der Waals surface area contributed by atoms with Crippen LogP contribution in [0.4, 0.5) is 4.79 Å². The van der Waals surface area contributed by atoms with E-state index in [9.17, 15) is 14.7 Å². The molecule has 182 valence electrons. The van der Waals surface area contributed by atoms with Crippen LogP contribution in [0, 0.1) is 17.3 Å². The van der Waals surface area contributed by atoms with Crippen molar-refractivity contribution in [1.29, 1.82) is 0 Å². The number of carbonyl (C=O) groups is 2. The molecule has 0 aliphatic heterocycles. The molecule has 0 heterocycles. The van der Waals surface area contributed by atoms with Crippen LogP contribution in [-0.4, -0.2) is 36.9 Å². The van der Waals surface area contributed by atoms with E-state index in [-0.39, 0.29) is 42.8 Å². The van der Waals surface area contributed by atoms with E-state index in [1.54, 1.807) is 6.92 Å². The van der Waals surface area contributed by atoms with Gasteiger partial charge >= 0.3 is 12.0 Å². The van der Waals surface area contributed by atoms with E-state index in [4.69, 9.17) is 16.3 Å². The van der Waals surface area contributed by atoms with Crippen LogP contribution in [0.2, 0.25) is 5.02 Å². The van der Waals surface area contributed by atoms with Crippen molar-refractivity contribution in [2.75, 3.05) is 19.8 Å². The molecule has 3 N–H and O–H groups in total. The molecule has 0 bridgehead atoms. The average Bonchev–Trinajstić information content (AvgIpc) is 2.66. The fraction of sp³-hybridized carbons (Fsp3) is 0.680. The van der Waals surface area contributed by atoms with Gasteiger partial charge in [-0.05, 0) is 55.2 Å². The number of hydrogen-bond donors (Lipinski definition) is 3. The monoisotopic (exact) mass is 468 g/mol. The van der Waals surface area contributed by atoms with Crippen molar-refractivity contribution in [2.24, 2.45) is 17.3 Å². The summed E-state index contributed by atoms with van der Waals surface area (Å²) in [7, 11) is 0. The predicted octanol–water partition coefficient (Wildman–Crippen LogP) is 5.05. The zero-order chi connectivity index (χ0) is 24.5. The van der Waals surface area contributed by atoms with Crippen LogP contribution in [0.5, 0.6) is 0 Å². The molecule has 7 heteroatoms. The molecule has 0 saturated carbocycles. The number of nitrogens with one attached hydrogen (secondary N) is 2. The van der Waals surface area contributed by atoms with Gasteiger partial charge in [0.15, 0.2) is 0 Å². The zero-order valence-corrected chi connectivity index (χ0v) is 21.4. The molecule has 0 aliphatic rings. The van der Waals surface area contributed by atoms with Crippen molar-refractivity contribution in [3.05, 3.63) is 34.3 Å². The maximum absolute atomic E-state index is 12.7. The zero-order valence-electron chi connectivity index (χ0n) is 20.7. The van der Waals surface area contributed by atoms with Crippen LogP contribution in [0.1, 0.15) is 72.4 Å². The summed E-state index contributed by atoms with van der Waals surface area (Å²) < 4.78 is 4.89. The predicted molar refractivity (Wildman–Crippen MR) is 130 cm³/mol. The number of carbonyl (C=O) groups excluding carboxylic acids is 2. The number of aliphatic hydroxyl groups is 1. The quantitative estimate of drug-likeness (QED) is 0.396. The second-order valence-electron chi connectivity index (χ2n) is 10.0. The molecule has 1 aromatic carbocycles. The van der Waals surface area contributed by atoms with E-state index < -0.39 is 11.6 Å². The van der Waals surface area contributed by atoms with Gasteiger partial charge in [-0.1, -0.05) is 58.4 Å². The Morgan fingerprint density at radius 2 is 1.84 bits per heavy atom. The van der Waals surface area contributed by atoms with Gasteiger partial charge in [0.05, 0.1) is 18.6 Å². The molecule has 1 aromatic rings. The first-order valence-corrected chi connectivity index (χ1v) is 11.8. The lowest BCUT2D eigenvalue weighted by atomic mass is 9.74. The molecule has 0 radical (unpaired) electrons. The van der Waals surface area contributed by atoms with Gasteiger partial charge in [0, 0.05) is 24.1 Å². The van der Waals surface area contributed by atoms with Gasteiger partial charge in [0.1, 0.15) is 0 Å². The van der Waals surface area contributed by atoms with E-state index in [0.29, 0.717) is 11.6 Å². The summed E-state index contributed by atoms with van der Waals surface area (Å²) in [4.78, 5) is 24.2. The van der Waals surface area contributed by atoms with Crippen LogP contribution in [0.3, 0.4) is 0 Å². The lowest BCUT2D eigenvalue weighted by Crippen LogP contribution is -2.54. The summed E-state index contributed by atoms with van der Waals surface area (Å²) in [5.74, 6) is -0.498. The molecule has 0 saturated heterocycles. The first-order valence-electron chi connectivity index (χ1n) is 11.5. The van der Waals surface area contributed by atoms with Gasteiger partial charge in [-0.3, -0.25) is 4.79 Å². The minimum Gasteiger partial charge on any atom is -0.466 e. The minimum absolute atomic E-state index is 0.0966. The largest absolute Gasteiger partial charge is 0.466 e. The van der Waals surface area contributed by atoms with Gasteiger partial charge in [0.25, 0.3) is 0 Å². The summed E-state index contributed by atoms with van der Waals surface area (Å²) in [6.07, 6.45) is 1.98. The van der Waals surface area contributed by atoms with E-state index in [2.05, 4.69) is 31.4 Å². The smallest absolute Gasteiger partial charge is 0.315 e. The summed E-state index contributed by atoms with van der Waals surface area (Å²) in [5, 5.41) is 16.5. The number of esters is 1. The molecule has 32 heavy (non-hydrogen) atoms. The van der Waals surface area contributed by atoms with E-state index in [0.717, 1.165) is 24.0 Å². The molecule has 0 fully saturated rings. The highest BCUT2D eigenvalue weighted by atomic mass is 35.5. The number of aryl methyl sites for hydroxylation is 1. The highest BCUT2D eigenvalue weighted by Crippen LogP contribution is 2.36. The van der Waals surface area contributed by atoms with E-state index in [1.165, 1.54) is 0 Å². The second kappa shape index (κ2) is 12.4. The van der Waals surface area contributed by atoms with Crippen molar-refractivity contribution in [3.63, 3.8) is 0 Å². The first kappa shape index (κ1) is 28.2. The van der Waals surface area contributed by atoms with Crippen molar-refractivity contribution < 1.29 is 19.4 Å². The fourth-order valence-corrected chi connectivity index (χ4v) is 4.09. The van der Waals surface area contributed by atoms with E-state index >= 15 is 0 Å². The van der Waals surface area contributed by atoms with Crippen molar-refractivity contribution in [1.82, 2.24) is 10.6 Å². The summed E-state index contributed by atoms with van der Waals surface area (Å²) >= 11 is 6.63. The van der Waals surface area contributed by atoms with Gasteiger partial charge in [0.2, 0.25) is 0 Å². The Labute approximate surface area is 198 Å². The van der Waals surface area contributed by atoms with Gasteiger partial charge in [-0.25, -0.2) is 4.79 Å². The number of halogens is 1. The lowest BCUT2D eigenvalue weighted by molar-refractivity contribution is -0.142. The number of ether oxygens (including phenoxy) is 1. The number of urea groups is 1. The van der Waals surface area contributed by atoms with E-state index in [1.807, 2.05) is 39.0 Å². The Kier molecular flexibility index (Phi) is 11.0. The topological polar surface area (TPSA) is 87.7 Å². The normalized spacial score (nSPS) is 14.6. The van der Waals surface area contributed by atoms with Crippen LogP contribution in [0.15, 0.2) is 18.2 Å². The third-order valence-corrected chi connectivity index (χ3v) is 6.19. The second-order valence-corrected chi connectivity index (χ2v) is 10.4. The number of rotatable bonds is 11. The molecule has 0 aliphatic carbocycles. The Morgan fingerprint density at radius 3 is 2.34 bits per heavy atom. The van der Waals surface area contributed by atoms with Gasteiger partial charge in [-0.15, -0.1) is 0 Å². The number of amides is 2. The lowest BCUT2D eigenvalue weighted by Gasteiger charge is -2.40. The molecule has 1 rings (SSSR count). The molecular formula is C25H41ClN2O4. The molecule has 2 amide bonds. The fourth-order valence-electron chi connectivity index (χ4n) is 3.81. The number of benzene rings is 1. The Bertz CT molecular complexity index is 761. The van der Waals surface area contributed by atoms with Crippen molar-refractivity contribution in [3.8, 4) is 0 Å². The molecule has 0 aromatic heterocycles. The summed E-state index contributed by atoms with van der Waals surface area (Å²) in [6.45, 7) is 14.6. The molecule has 2 atom stereocenters. The maximum atomic E-state index is 12.7. The van der Waals surface area contributed by atoms with Crippen LogP contribution < -0.4 is 10.6 Å².